The molecule has 3 aromatic rings. The van der Waals surface area contributed by atoms with E-state index in [1.165, 1.54) is 19.3 Å². The van der Waals surface area contributed by atoms with Crippen LogP contribution in [0.3, 0.4) is 0 Å². The number of nitrogens with one attached hydrogen (secondary N) is 1. The van der Waals surface area contributed by atoms with E-state index in [4.69, 9.17) is 9.47 Å². The number of fused-ring (bicyclic) bond motifs is 2. The number of carbonyl (C=O) groups excluding carboxylic acids is 1. The highest BCUT2D eigenvalue weighted by molar-refractivity contribution is 6.02. The molecule has 1 saturated heterocycles. The van der Waals surface area contributed by atoms with Gasteiger partial charge in [0.05, 0.1) is 28.7 Å². The minimum absolute atomic E-state index is 0.0639. The number of hydrogen-bond acceptors (Lipinski definition) is 7. The van der Waals surface area contributed by atoms with Gasteiger partial charge in [-0.3, -0.25) is 14.8 Å². The van der Waals surface area contributed by atoms with Crippen LogP contribution in [-0.2, 0) is 24.2 Å². The number of aliphatic imine (C=N–C) groups is 1. The number of H-pyrrole nitrogens is 1. The zero-order chi connectivity index (χ0) is 26.3. The van der Waals surface area contributed by atoms with Crippen molar-refractivity contribution in [3.05, 3.63) is 52.7 Å². The van der Waals surface area contributed by atoms with Crippen molar-refractivity contribution < 1.29 is 19.4 Å². The molecule has 0 saturated carbocycles. The summed E-state index contributed by atoms with van der Waals surface area (Å²) >= 11 is 0. The number of carbonyl (C=O) groups is 1. The number of phenolic OH excluding ortho intramolecular Hbond substituents is 1. The van der Waals surface area contributed by atoms with E-state index in [2.05, 4.69) is 20.1 Å². The normalized spacial score (nSPS) is 18.9. The Balaban J connectivity index is 1.14. The molecule has 1 aromatic heterocycles. The summed E-state index contributed by atoms with van der Waals surface area (Å²) in [7, 11) is 0. The van der Waals surface area contributed by atoms with Crippen LogP contribution in [0.2, 0.25) is 0 Å². The molecule has 200 valence electrons. The maximum atomic E-state index is 13.5. The summed E-state index contributed by atoms with van der Waals surface area (Å²) in [4.78, 5) is 22.4. The molecule has 2 N–H and O–H groups in total. The number of ether oxygens (including phenoxy) is 2. The summed E-state index contributed by atoms with van der Waals surface area (Å²) in [6, 6.07) is 9.36. The van der Waals surface area contributed by atoms with E-state index in [-0.39, 0.29) is 22.8 Å². The fraction of sp³-hybridized carbons (Fsp3) is 0.483. The molecule has 0 aliphatic carbocycles. The Morgan fingerprint density at radius 3 is 2.74 bits per heavy atom. The largest absolute Gasteiger partial charge is 0.507 e. The van der Waals surface area contributed by atoms with E-state index in [9.17, 15) is 9.90 Å². The molecule has 0 atom stereocenters. The van der Waals surface area contributed by atoms with Gasteiger partial charge in [-0.25, -0.2) is 4.99 Å². The number of piperidine rings is 1. The maximum Gasteiger partial charge on any atom is 0.258 e. The Kier molecular flexibility index (Phi) is 6.47. The number of rotatable bonds is 7. The van der Waals surface area contributed by atoms with Gasteiger partial charge < -0.3 is 19.5 Å². The van der Waals surface area contributed by atoms with E-state index in [0.717, 1.165) is 47.6 Å². The number of aromatic nitrogens is 2. The summed E-state index contributed by atoms with van der Waals surface area (Å²) in [5.74, 6) is 1.19. The third kappa shape index (κ3) is 5.07. The first-order valence-corrected chi connectivity index (χ1v) is 13.5. The zero-order valence-electron chi connectivity index (χ0n) is 22.1. The SMILES string of the molecule is CC1(C)COC(Cc2n[nH]c3cc(O)c(C(=O)N4Cc5ccc(OCCN6CCCCC6)cc5C4)cc23)=N1. The second-order valence-corrected chi connectivity index (χ2v) is 11.2. The van der Waals surface area contributed by atoms with E-state index >= 15 is 0 Å². The molecule has 0 radical (unpaired) electrons. The van der Waals surface area contributed by atoms with Crippen molar-refractivity contribution in [2.24, 2.45) is 4.99 Å². The molecule has 4 heterocycles. The molecule has 1 amide bonds. The van der Waals surface area contributed by atoms with E-state index < -0.39 is 0 Å². The number of phenols is 1. The fourth-order valence-electron chi connectivity index (χ4n) is 5.56. The van der Waals surface area contributed by atoms with Crippen molar-refractivity contribution in [3.63, 3.8) is 0 Å². The van der Waals surface area contributed by atoms with Gasteiger partial charge in [-0.05, 0) is 69.1 Å². The summed E-state index contributed by atoms with van der Waals surface area (Å²) in [6.45, 7) is 9.48. The van der Waals surface area contributed by atoms with E-state index in [0.29, 0.717) is 44.1 Å². The lowest BCUT2D eigenvalue weighted by Gasteiger charge is -2.26. The van der Waals surface area contributed by atoms with Crippen LogP contribution in [0.15, 0.2) is 35.3 Å². The van der Waals surface area contributed by atoms with E-state index in [1.807, 2.05) is 32.0 Å². The first-order chi connectivity index (χ1) is 18.3. The molecule has 6 rings (SSSR count). The van der Waals surface area contributed by atoms with Gasteiger partial charge in [0.15, 0.2) is 5.90 Å². The van der Waals surface area contributed by atoms with Crippen molar-refractivity contribution in [2.75, 3.05) is 32.8 Å². The maximum absolute atomic E-state index is 13.5. The third-order valence-electron chi connectivity index (χ3n) is 7.64. The molecule has 9 nitrogen and oxygen atoms in total. The number of aromatic amines is 1. The number of likely N-dealkylation sites (tertiary alicyclic amines) is 1. The number of hydrogen-bond donors (Lipinski definition) is 2. The fourth-order valence-corrected chi connectivity index (χ4v) is 5.56. The van der Waals surface area contributed by atoms with Crippen molar-refractivity contribution in [2.45, 2.75) is 58.2 Å². The minimum atomic E-state index is -0.246. The molecule has 0 unspecified atom stereocenters. The predicted octanol–water partition coefficient (Wildman–Crippen LogP) is 4.04. The van der Waals surface area contributed by atoms with Crippen molar-refractivity contribution >= 4 is 22.7 Å². The van der Waals surface area contributed by atoms with Crippen LogP contribution in [0.4, 0.5) is 0 Å². The minimum Gasteiger partial charge on any atom is -0.507 e. The Labute approximate surface area is 222 Å². The topological polar surface area (TPSA) is 103 Å². The van der Waals surface area contributed by atoms with Gasteiger partial charge >= 0.3 is 0 Å². The van der Waals surface area contributed by atoms with Crippen LogP contribution in [-0.4, -0.2) is 75.3 Å². The van der Waals surface area contributed by atoms with Crippen molar-refractivity contribution in [1.82, 2.24) is 20.0 Å². The van der Waals surface area contributed by atoms with Crippen LogP contribution >= 0.6 is 0 Å². The third-order valence-corrected chi connectivity index (χ3v) is 7.64. The van der Waals surface area contributed by atoms with Gasteiger partial charge in [-0.15, -0.1) is 0 Å². The lowest BCUT2D eigenvalue weighted by atomic mass is 10.1. The molecule has 2 aromatic carbocycles. The zero-order valence-corrected chi connectivity index (χ0v) is 22.1. The van der Waals surface area contributed by atoms with Crippen molar-refractivity contribution in [3.8, 4) is 11.5 Å². The number of benzene rings is 2. The highest BCUT2D eigenvalue weighted by atomic mass is 16.5. The van der Waals surface area contributed by atoms with Crippen LogP contribution in [0.5, 0.6) is 11.5 Å². The summed E-state index contributed by atoms with van der Waals surface area (Å²) < 4.78 is 11.8. The Morgan fingerprint density at radius 1 is 1.13 bits per heavy atom. The van der Waals surface area contributed by atoms with Crippen molar-refractivity contribution in [1.29, 1.82) is 0 Å². The Bertz CT molecular complexity index is 1390. The number of nitrogens with zero attached hydrogens (tertiary/aromatic N) is 4. The standard InChI is InChI=1S/C29H35N5O4/c1-29(2)18-38-27(30-29)15-25-22-13-23(26(35)14-24(22)31-32-25)28(36)34-16-19-6-7-21(12-20(19)17-34)37-11-10-33-8-4-3-5-9-33/h6-7,12-14,35H,3-5,8-11,15-18H2,1-2H3,(H,31,32). The predicted molar refractivity (Wildman–Crippen MR) is 145 cm³/mol. The highest BCUT2D eigenvalue weighted by Crippen LogP contribution is 2.32. The molecule has 38 heavy (non-hydrogen) atoms. The molecule has 3 aliphatic heterocycles. The lowest BCUT2D eigenvalue weighted by Crippen LogP contribution is -2.33. The Hall–Kier alpha value is -3.59. The molecule has 9 heteroatoms. The van der Waals surface area contributed by atoms with E-state index in [1.54, 1.807) is 17.0 Å². The first kappa shape index (κ1) is 24.7. The smallest absolute Gasteiger partial charge is 0.258 e. The van der Waals surface area contributed by atoms with Gasteiger partial charge in [-0.1, -0.05) is 12.5 Å². The lowest BCUT2D eigenvalue weighted by molar-refractivity contribution is 0.0748. The quantitative estimate of drug-likeness (QED) is 0.490. The Morgan fingerprint density at radius 2 is 1.95 bits per heavy atom. The van der Waals surface area contributed by atoms with Crippen LogP contribution in [0.25, 0.3) is 10.9 Å². The summed E-state index contributed by atoms with van der Waals surface area (Å²) in [5.41, 5.74) is 3.61. The highest BCUT2D eigenvalue weighted by Gasteiger charge is 2.29. The van der Waals surface area contributed by atoms with Gasteiger partial charge in [0.25, 0.3) is 5.91 Å². The van der Waals surface area contributed by atoms with Crippen LogP contribution in [0.1, 0.15) is 60.3 Å². The second kappa shape index (κ2) is 9.94. The van der Waals surface area contributed by atoms with Crippen LogP contribution in [0, 0.1) is 0 Å². The molecular formula is C29H35N5O4. The number of amides is 1. The molecule has 1 fully saturated rings. The molecular weight excluding hydrogens is 482 g/mol. The monoisotopic (exact) mass is 517 g/mol. The average Bonchev–Trinajstić information content (AvgIpc) is 3.60. The van der Waals surface area contributed by atoms with Crippen LogP contribution < -0.4 is 4.74 Å². The first-order valence-electron chi connectivity index (χ1n) is 13.5. The van der Waals surface area contributed by atoms with Gasteiger partial charge in [0.2, 0.25) is 0 Å². The average molecular weight is 518 g/mol. The number of aromatic hydroxyl groups is 1. The van der Waals surface area contributed by atoms with Gasteiger partial charge in [0, 0.05) is 31.1 Å². The summed E-state index contributed by atoms with van der Waals surface area (Å²) in [5, 5.41) is 18.8. The molecule has 0 bridgehead atoms. The van der Waals surface area contributed by atoms with Gasteiger partial charge in [0.1, 0.15) is 24.7 Å². The second-order valence-electron chi connectivity index (χ2n) is 11.2. The molecule has 0 spiro atoms. The molecule has 3 aliphatic rings. The summed E-state index contributed by atoms with van der Waals surface area (Å²) in [6.07, 6.45) is 4.30. The van der Waals surface area contributed by atoms with Gasteiger partial charge in [-0.2, -0.15) is 5.10 Å².